The molecule has 2 aromatic rings. The third-order valence-electron chi connectivity index (χ3n) is 2.12. The van der Waals surface area contributed by atoms with Gasteiger partial charge in [-0.15, -0.1) is 0 Å². The first kappa shape index (κ1) is 12.2. The second-order valence-electron chi connectivity index (χ2n) is 3.69. The molecular weight excluding hydrogens is 291 g/mol. The summed E-state index contributed by atoms with van der Waals surface area (Å²) in [5, 5.41) is 13.0. The van der Waals surface area contributed by atoms with Crippen LogP contribution in [0.25, 0.3) is 11.4 Å². The molecule has 17 heavy (non-hydrogen) atoms. The van der Waals surface area contributed by atoms with Crippen molar-refractivity contribution in [3.05, 3.63) is 34.4 Å². The number of hydrogen-bond donors (Lipinski definition) is 1. The van der Waals surface area contributed by atoms with Crippen LogP contribution in [-0.4, -0.2) is 21.4 Å². The smallest absolute Gasteiger partial charge is 0.229 e. The van der Waals surface area contributed by atoms with E-state index < -0.39 is 6.10 Å². The van der Waals surface area contributed by atoms with Crippen molar-refractivity contribution in [3.8, 4) is 11.4 Å². The van der Waals surface area contributed by atoms with Crippen molar-refractivity contribution in [3.63, 3.8) is 0 Å². The van der Waals surface area contributed by atoms with Crippen LogP contribution >= 0.6 is 15.9 Å². The Morgan fingerprint density at radius 2 is 2.29 bits per heavy atom. The van der Waals surface area contributed by atoms with Gasteiger partial charge in [0.15, 0.2) is 0 Å². The van der Waals surface area contributed by atoms with E-state index in [0.29, 0.717) is 28.2 Å². The molecule has 1 heterocycles. The van der Waals surface area contributed by atoms with Gasteiger partial charge in [-0.25, -0.2) is 4.39 Å². The highest BCUT2D eigenvalue weighted by Gasteiger charge is 2.11. The summed E-state index contributed by atoms with van der Waals surface area (Å²) in [7, 11) is 0. The monoisotopic (exact) mass is 300 g/mol. The van der Waals surface area contributed by atoms with E-state index in [9.17, 15) is 9.50 Å². The van der Waals surface area contributed by atoms with Gasteiger partial charge in [0, 0.05) is 5.56 Å². The van der Waals surface area contributed by atoms with Gasteiger partial charge >= 0.3 is 0 Å². The first-order valence-electron chi connectivity index (χ1n) is 5.02. The second-order valence-corrected chi connectivity index (χ2v) is 4.55. The van der Waals surface area contributed by atoms with Crippen molar-refractivity contribution < 1.29 is 14.0 Å². The van der Waals surface area contributed by atoms with Gasteiger partial charge in [0.05, 0.1) is 17.0 Å². The number of aliphatic hydroxyl groups is 1. The minimum absolute atomic E-state index is 0.301. The largest absolute Gasteiger partial charge is 0.393 e. The average molecular weight is 301 g/mol. The van der Waals surface area contributed by atoms with Crippen molar-refractivity contribution in [1.82, 2.24) is 10.1 Å². The second kappa shape index (κ2) is 4.93. The summed E-state index contributed by atoms with van der Waals surface area (Å²) in [6.07, 6.45) is -0.238. The number of halogens is 2. The summed E-state index contributed by atoms with van der Waals surface area (Å²) in [6.45, 7) is 1.64. The molecule has 2 rings (SSSR count). The fraction of sp³-hybridized carbons (Fsp3) is 0.273. The van der Waals surface area contributed by atoms with Gasteiger partial charge in [-0.05, 0) is 41.1 Å². The molecular formula is C11H10BrFN2O2. The minimum Gasteiger partial charge on any atom is -0.393 e. The Labute approximate surface area is 106 Å². The summed E-state index contributed by atoms with van der Waals surface area (Å²) >= 11 is 3.09. The van der Waals surface area contributed by atoms with Crippen LogP contribution < -0.4 is 0 Å². The van der Waals surface area contributed by atoms with Crippen LogP contribution in [0.5, 0.6) is 0 Å². The van der Waals surface area contributed by atoms with Crippen molar-refractivity contribution >= 4 is 15.9 Å². The van der Waals surface area contributed by atoms with Crippen LogP contribution in [0.4, 0.5) is 4.39 Å². The normalized spacial score (nSPS) is 12.7. The number of hydrogen-bond acceptors (Lipinski definition) is 4. The van der Waals surface area contributed by atoms with Gasteiger partial charge in [-0.2, -0.15) is 4.98 Å². The van der Waals surface area contributed by atoms with E-state index in [-0.39, 0.29) is 5.82 Å². The highest BCUT2D eigenvalue weighted by Crippen LogP contribution is 2.23. The minimum atomic E-state index is -0.539. The Balaban J connectivity index is 2.27. The highest BCUT2D eigenvalue weighted by molar-refractivity contribution is 9.10. The van der Waals surface area contributed by atoms with Crippen molar-refractivity contribution in [1.29, 1.82) is 0 Å². The summed E-state index contributed by atoms with van der Waals surface area (Å²) in [4.78, 5) is 4.11. The fourth-order valence-corrected chi connectivity index (χ4v) is 1.72. The molecule has 0 amide bonds. The van der Waals surface area contributed by atoms with E-state index in [1.165, 1.54) is 6.07 Å². The third kappa shape index (κ3) is 2.89. The zero-order chi connectivity index (χ0) is 12.4. The Morgan fingerprint density at radius 1 is 1.53 bits per heavy atom. The molecule has 1 aromatic carbocycles. The van der Waals surface area contributed by atoms with Crippen LogP contribution in [0.2, 0.25) is 0 Å². The molecule has 0 aliphatic carbocycles. The van der Waals surface area contributed by atoms with Crippen LogP contribution in [-0.2, 0) is 6.42 Å². The standard InChI is InChI=1S/C11H10BrFN2O2/c1-6(16)4-10-14-11(15-17-10)7-2-3-9(13)8(12)5-7/h2-3,5-6,16H,4H2,1H3. The summed E-state index contributed by atoms with van der Waals surface area (Å²) in [6, 6.07) is 4.47. The first-order chi connectivity index (χ1) is 8.06. The first-order valence-corrected chi connectivity index (χ1v) is 5.81. The van der Waals surface area contributed by atoms with Crippen LogP contribution in [0.3, 0.4) is 0 Å². The van der Waals surface area contributed by atoms with E-state index in [1.807, 2.05) is 0 Å². The summed E-state index contributed by atoms with van der Waals surface area (Å²) in [5.41, 5.74) is 0.652. The summed E-state index contributed by atoms with van der Waals surface area (Å²) < 4.78 is 18.4. The zero-order valence-corrected chi connectivity index (χ0v) is 10.6. The molecule has 0 fully saturated rings. The van der Waals surface area contributed by atoms with Gasteiger partial charge in [-0.1, -0.05) is 5.16 Å². The lowest BCUT2D eigenvalue weighted by Gasteiger charge is -1.97. The number of aliphatic hydroxyl groups excluding tert-OH is 1. The van der Waals surface area contributed by atoms with E-state index in [0.717, 1.165) is 0 Å². The average Bonchev–Trinajstić information content (AvgIpc) is 2.69. The van der Waals surface area contributed by atoms with Crippen LogP contribution in [0.15, 0.2) is 27.2 Å². The molecule has 90 valence electrons. The summed E-state index contributed by atoms with van der Waals surface area (Å²) in [5.74, 6) is 0.387. The lowest BCUT2D eigenvalue weighted by atomic mass is 10.2. The molecule has 0 aliphatic rings. The number of nitrogens with zero attached hydrogens (tertiary/aromatic N) is 2. The Morgan fingerprint density at radius 3 is 2.94 bits per heavy atom. The number of aromatic nitrogens is 2. The zero-order valence-electron chi connectivity index (χ0n) is 9.02. The van der Waals surface area contributed by atoms with Gasteiger partial charge < -0.3 is 9.63 Å². The van der Waals surface area contributed by atoms with Crippen LogP contribution in [0, 0.1) is 5.82 Å². The predicted molar refractivity (Wildman–Crippen MR) is 62.8 cm³/mol. The molecule has 4 nitrogen and oxygen atoms in total. The molecule has 0 radical (unpaired) electrons. The van der Waals surface area contributed by atoms with Crippen molar-refractivity contribution in [2.24, 2.45) is 0 Å². The van der Waals surface area contributed by atoms with Gasteiger partial charge in [0.25, 0.3) is 0 Å². The highest BCUT2D eigenvalue weighted by atomic mass is 79.9. The number of benzene rings is 1. The van der Waals surface area contributed by atoms with E-state index >= 15 is 0 Å². The van der Waals surface area contributed by atoms with E-state index in [2.05, 4.69) is 26.1 Å². The van der Waals surface area contributed by atoms with Gasteiger partial charge in [0.2, 0.25) is 11.7 Å². The molecule has 1 N–H and O–H groups in total. The maximum Gasteiger partial charge on any atom is 0.229 e. The molecule has 1 aromatic heterocycles. The molecule has 1 atom stereocenters. The van der Waals surface area contributed by atoms with Crippen molar-refractivity contribution in [2.75, 3.05) is 0 Å². The van der Waals surface area contributed by atoms with Gasteiger partial charge in [-0.3, -0.25) is 0 Å². The lowest BCUT2D eigenvalue weighted by molar-refractivity contribution is 0.181. The third-order valence-corrected chi connectivity index (χ3v) is 2.72. The van der Waals surface area contributed by atoms with E-state index in [1.54, 1.807) is 19.1 Å². The predicted octanol–water partition coefficient (Wildman–Crippen LogP) is 2.56. The molecule has 6 heteroatoms. The molecule has 0 aliphatic heterocycles. The molecule has 0 saturated carbocycles. The maximum absolute atomic E-state index is 13.0. The van der Waals surface area contributed by atoms with E-state index in [4.69, 9.17) is 4.52 Å². The van der Waals surface area contributed by atoms with Crippen LogP contribution in [0.1, 0.15) is 12.8 Å². The molecule has 0 spiro atoms. The molecule has 0 bridgehead atoms. The quantitative estimate of drug-likeness (QED) is 0.946. The number of rotatable bonds is 3. The lowest BCUT2D eigenvalue weighted by Crippen LogP contribution is -2.04. The molecule has 1 unspecified atom stereocenters. The Kier molecular flexibility index (Phi) is 3.54. The topological polar surface area (TPSA) is 59.2 Å². The maximum atomic E-state index is 13.0. The molecule has 0 saturated heterocycles. The Hall–Kier alpha value is -1.27. The SMILES string of the molecule is CC(O)Cc1nc(-c2ccc(F)c(Br)c2)no1. The Bertz CT molecular complexity index is 528. The van der Waals surface area contributed by atoms with Gasteiger partial charge in [0.1, 0.15) is 5.82 Å². The van der Waals surface area contributed by atoms with Crippen molar-refractivity contribution in [2.45, 2.75) is 19.4 Å². The fourth-order valence-electron chi connectivity index (χ4n) is 1.34.